The zero-order chi connectivity index (χ0) is 16.7. The molecule has 3 heterocycles. The third kappa shape index (κ3) is 2.56. The van der Waals surface area contributed by atoms with Crippen LogP contribution in [0.4, 0.5) is 10.5 Å². The van der Waals surface area contributed by atoms with E-state index in [1.807, 2.05) is 36.4 Å². The van der Waals surface area contributed by atoms with Crippen LogP contribution in [0.15, 0.2) is 42.6 Å². The summed E-state index contributed by atoms with van der Waals surface area (Å²) in [6, 6.07) is 12.8. The fourth-order valence-electron chi connectivity index (χ4n) is 4.05. The van der Waals surface area contributed by atoms with Crippen LogP contribution in [0.2, 0.25) is 0 Å². The van der Waals surface area contributed by atoms with E-state index in [9.17, 15) is 4.79 Å². The molecule has 2 aromatic rings. The van der Waals surface area contributed by atoms with Gasteiger partial charge in [-0.15, -0.1) is 0 Å². The Balaban J connectivity index is 1.54. The van der Waals surface area contributed by atoms with Crippen molar-refractivity contribution in [1.29, 1.82) is 0 Å². The summed E-state index contributed by atoms with van der Waals surface area (Å²) in [4.78, 5) is 19.2. The molecule has 4 nitrogen and oxygen atoms in total. The Labute approximate surface area is 142 Å². The minimum absolute atomic E-state index is 0.0404. The normalized spacial score (nSPS) is 25.1. The summed E-state index contributed by atoms with van der Waals surface area (Å²) < 4.78 is 0. The second-order valence-electron chi connectivity index (χ2n) is 7.09. The lowest BCUT2D eigenvalue weighted by molar-refractivity contribution is -0.0178. The van der Waals surface area contributed by atoms with E-state index >= 15 is 0 Å². The smallest absolute Gasteiger partial charge is 0.318 e. The predicted octanol–water partition coefficient (Wildman–Crippen LogP) is 4.46. The largest absolute Gasteiger partial charge is 0.322 e. The molecule has 24 heavy (non-hydrogen) atoms. The molecule has 0 unspecified atom stereocenters. The highest BCUT2D eigenvalue weighted by molar-refractivity contribution is 5.91. The maximum Gasteiger partial charge on any atom is 0.322 e. The topological polar surface area (TPSA) is 45.2 Å². The molecule has 1 aromatic carbocycles. The average Bonchev–Trinajstić information content (AvgIpc) is 2.57. The lowest BCUT2D eigenvalue weighted by atomic mass is 9.73. The Morgan fingerprint density at radius 3 is 2.83 bits per heavy atom. The van der Waals surface area contributed by atoms with Crippen LogP contribution in [0.3, 0.4) is 0 Å². The van der Waals surface area contributed by atoms with Gasteiger partial charge in [0.2, 0.25) is 0 Å². The lowest BCUT2D eigenvalue weighted by Crippen LogP contribution is -2.64. The molecule has 2 aliphatic rings. The first-order valence-electron chi connectivity index (χ1n) is 8.75. The number of carbonyl (C=O) groups excluding carboxylic acids is 1. The van der Waals surface area contributed by atoms with Gasteiger partial charge in [-0.25, -0.2) is 4.79 Å². The van der Waals surface area contributed by atoms with Crippen molar-refractivity contribution < 1.29 is 4.79 Å². The molecular weight excluding hydrogens is 298 g/mol. The van der Waals surface area contributed by atoms with E-state index in [-0.39, 0.29) is 6.03 Å². The van der Waals surface area contributed by atoms with Gasteiger partial charge in [0.05, 0.1) is 5.69 Å². The maximum atomic E-state index is 12.7. The number of hydrogen-bond donors (Lipinski definition) is 1. The van der Waals surface area contributed by atoms with Crippen LogP contribution in [0, 0.1) is 12.8 Å². The van der Waals surface area contributed by atoms with E-state index in [0.717, 1.165) is 28.9 Å². The molecule has 4 heteroatoms. The average molecular weight is 321 g/mol. The number of amides is 2. The Hall–Kier alpha value is -2.36. The summed E-state index contributed by atoms with van der Waals surface area (Å²) in [6.45, 7) is 4.32. The number of pyridine rings is 1. The number of urea groups is 1. The second kappa shape index (κ2) is 5.93. The molecule has 0 spiro atoms. The minimum atomic E-state index is 0.0404. The fourth-order valence-corrected chi connectivity index (χ4v) is 4.05. The number of hydrogen-bond acceptors (Lipinski definition) is 2. The fraction of sp³-hybridized carbons (Fsp3) is 0.400. The van der Waals surface area contributed by atoms with Crippen LogP contribution in [-0.4, -0.2) is 28.0 Å². The number of nitrogens with one attached hydrogen (secondary N) is 1. The lowest BCUT2D eigenvalue weighted by Gasteiger charge is -2.55. The van der Waals surface area contributed by atoms with E-state index < -0.39 is 0 Å². The number of rotatable bonds is 2. The number of carbonyl (C=O) groups is 1. The van der Waals surface area contributed by atoms with Crippen molar-refractivity contribution in [1.82, 2.24) is 9.88 Å². The molecule has 3 atom stereocenters. The number of benzene rings is 1. The molecule has 4 rings (SSSR count). The van der Waals surface area contributed by atoms with Crippen LogP contribution < -0.4 is 5.32 Å². The van der Waals surface area contributed by atoms with Gasteiger partial charge in [0.15, 0.2) is 0 Å². The van der Waals surface area contributed by atoms with Gasteiger partial charge in [0.25, 0.3) is 0 Å². The minimum Gasteiger partial charge on any atom is -0.318 e. The first-order chi connectivity index (χ1) is 11.6. The standard InChI is InChI=1S/C20H23N3O/c1-13-6-8-15(11-17(13)18-5-3-4-10-21-18)22-20(24)23-16-9-7-14(2)19(23)12-16/h3-6,8,10-11,14,16,19H,7,9,12H2,1-2H3,(H,22,24)/t14-,16+,19+/m0/s1. The van der Waals surface area contributed by atoms with Gasteiger partial charge in [-0.05, 0) is 61.9 Å². The van der Waals surface area contributed by atoms with Crippen molar-refractivity contribution in [3.05, 3.63) is 48.2 Å². The SMILES string of the molecule is Cc1ccc(NC(=O)N2[C@@H]3CC[C@H](C)[C@H]2C3)cc1-c1ccccn1. The van der Waals surface area contributed by atoms with Crippen LogP contribution in [0.1, 0.15) is 31.7 Å². The van der Waals surface area contributed by atoms with Crippen molar-refractivity contribution in [2.45, 2.75) is 45.2 Å². The zero-order valence-corrected chi connectivity index (χ0v) is 14.2. The van der Waals surface area contributed by atoms with Gasteiger partial charge >= 0.3 is 6.03 Å². The Bertz CT molecular complexity index is 757. The van der Waals surface area contributed by atoms with Crippen LogP contribution in [0.5, 0.6) is 0 Å². The number of aromatic nitrogens is 1. The highest BCUT2D eigenvalue weighted by atomic mass is 16.2. The van der Waals surface area contributed by atoms with Crippen molar-refractivity contribution >= 4 is 11.7 Å². The quantitative estimate of drug-likeness (QED) is 0.887. The molecule has 0 saturated carbocycles. The monoisotopic (exact) mass is 321 g/mol. The van der Waals surface area contributed by atoms with E-state index in [1.54, 1.807) is 6.20 Å². The van der Waals surface area contributed by atoms with E-state index in [1.165, 1.54) is 12.8 Å². The number of fused-ring (bicyclic) bond motifs is 2. The summed E-state index contributed by atoms with van der Waals surface area (Å²) in [7, 11) is 0. The molecule has 1 aromatic heterocycles. The van der Waals surface area contributed by atoms with E-state index in [4.69, 9.17) is 0 Å². The third-order valence-corrected chi connectivity index (χ3v) is 5.54. The molecular formula is C20H23N3O. The van der Waals surface area contributed by atoms with Gasteiger partial charge in [-0.1, -0.05) is 19.1 Å². The first-order valence-corrected chi connectivity index (χ1v) is 8.75. The van der Waals surface area contributed by atoms with Crippen LogP contribution >= 0.6 is 0 Å². The van der Waals surface area contributed by atoms with Gasteiger partial charge in [-0.3, -0.25) is 4.98 Å². The molecule has 2 fully saturated rings. The number of piperidine rings is 1. The first kappa shape index (κ1) is 15.2. The Kier molecular flexibility index (Phi) is 3.75. The molecule has 1 N–H and O–H groups in total. The summed E-state index contributed by atoms with van der Waals surface area (Å²) >= 11 is 0. The second-order valence-corrected chi connectivity index (χ2v) is 7.09. The van der Waals surface area contributed by atoms with Gasteiger partial charge < -0.3 is 10.2 Å². The van der Waals surface area contributed by atoms with Gasteiger partial charge in [0.1, 0.15) is 0 Å². The van der Waals surface area contributed by atoms with Crippen molar-refractivity contribution in [2.75, 3.05) is 5.32 Å². The van der Waals surface area contributed by atoms with Crippen LogP contribution in [-0.2, 0) is 0 Å². The summed E-state index contributed by atoms with van der Waals surface area (Å²) in [5.74, 6) is 0.614. The highest BCUT2D eigenvalue weighted by Crippen LogP contribution is 2.42. The molecule has 2 saturated heterocycles. The highest BCUT2D eigenvalue weighted by Gasteiger charge is 2.47. The Morgan fingerprint density at radius 2 is 2.12 bits per heavy atom. The predicted molar refractivity (Wildman–Crippen MR) is 95.9 cm³/mol. The van der Waals surface area contributed by atoms with Gasteiger partial charge in [-0.2, -0.15) is 0 Å². The summed E-state index contributed by atoms with van der Waals surface area (Å²) in [5.41, 5.74) is 3.98. The van der Waals surface area contributed by atoms with E-state index in [0.29, 0.717) is 18.0 Å². The summed E-state index contributed by atoms with van der Waals surface area (Å²) in [5, 5.41) is 3.09. The zero-order valence-electron chi connectivity index (χ0n) is 14.2. The number of aryl methyl sites for hydroxylation is 1. The number of anilines is 1. The molecule has 2 amide bonds. The van der Waals surface area contributed by atoms with Crippen molar-refractivity contribution in [3.63, 3.8) is 0 Å². The molecule has 2 aliphatic heterocycles. The Morgan fingerprint density at radius 1 is 1.25 bits per heavy atom. The molecule has 0 radical (unpaired) electrons. The third-order valence-electron chi connectivity index (χ3n) is 5.54. The molecule has 0 aliphatic carbocycles. The maximum absolute atomic E-state index is 12.7. The van der Waals surface area contributed by atoms with Crippen molar-refractivity contribution in [2.24, 2.45) is 5.92 Å². The van der Waals surface area contributed by atoms with Gasteiger partial charge in [0, 0.05) is 29.5 Å². The summed E-state index contributed by atoms with van der Waals surface area (Å²) in [6.07, 6.45) is 5.34. The van der Waals surface area contributed by atoms with Crippen LogP contribution in [0.25, 0.3) is 11.3 Å². The molecule has 124 valence electrons. The van der Waals surface area contributed by atoms with Crippen molar-refractivity contribution in [3.8, 4) is 11.3 Å². The number of nitrogens with zero attached hydrogens (tertiary/aromatic N) is 2. The molecule has 2 bridgehead atoms. The van der Waals surface area contributed by atoms with E-state index in [2.05, 4.69) is 29.0 Å².